The van der Waals surface area contributed by atoms with Crippen LogP contribution in [0.25, 0.3) is 0 Å². The highest BCUT2D eigenvalue weighted by Crippen LogP contribution is 2.33. The molecule has 13 heavy (non-hydrogen) atoms. The molecule has 5 heteroatoms. The second-order valence-electron chi connectivity index (χ2n) is 3.21. The first kappa shape index (κ1) is 8.50. The van der Waals surface area contributed by atoms with Gasteiger partial charge in [0, 0.05) is 6.92 Å². The third kappa shape index (κ3) is 1.51. The number of ether oxygens (including phenoxy) is 3. The maximum atomic E-state index is 10.8. The number of hydrogen-bond donors (Lipinski definition) is 0. The molecule has 0 saturated carbocycles. The maximum absolute atomic E-state index is 10.8. The van der Waals surface area contributed by atoms with Gasteiger partial charge in [-0.2, -0.15) is 0 Å². The minimum Gasteiger partial charge on any atom is -0.460 e. The zero-order valence-corrected chi connectivity index (χ0v) is 7.19. The van der Waals surface area contributed by atoms with Crippen molar-refractivity contribution >= 4 is 11.9 Å². The summed E-state index contributed by atoms with van der Waals surface area (Å²) in [7, 11) is 0. The van der Waals surface area contributed by atoms with Gasteiger partial charge in [-0.15, -0.1) is 0 Å². The van der Waals surface area contributed by atoms with E-state index in [1.807, 2.05) is 0 Å². The van der Waals surface area contributed by atoms with Crippen molar-refractivity contribution in [3.8, 4) is 0 Å². The van der Waals surface area contributed by atoms with Gasteiger partial charge in [-0.3, -0.25) is 9.59 Å². The van der Waals surface area contributed by atoms with Crippen molar-refractivity contribution in [2.75, 3.05) is 6.61 Å². The summed E-state index contributed by atoms with van der Waals surface area (Å²) in [5.74, 6) is -0.753. The molecule has 2 aliphatic rings. The number of carbonyl (C=O) groups is 2. The van der Waals surface area contributed by atoms with Gasteiger partial charge in [-0.05, 0) is 0 Å². The number of esters is 2. The lowest BCUT2D eigenvalue weighted by molar-refractivity contribution is -0.159. The molecule has 0 aromatic heterocycles. The molecule has 72 valence electrons. The van der Waals surface area contributed by atoms with Gasteiger partial charge in [-0.1, -0.05) is 0 Å². The second kappa shape index (κ2) is 2.99. The molecule has 0 spiro atoms. The molecule has 0 bridgehead atoms. The predicted molar refractivity (Wildman–Crippen MR) is 39.5 cm³/mol. The Bertz CT molecular complexity index is 249. The fourth-order valence-electron chi connectivity index (χ4n) is 1.67. The summed E-state index contributed by atoms with van der Waals surface area (Å²) in [4.78, 5) is 21.5. The summed E-state index contributed by atoms with van der Waals surface area (Å²) in [6.07, 6.45) is -0.548. The highest BCUT2D eigenvalue weighted by Gasteiger charge is 2.47. The van der Waals surface area contributed by atoms with Crippen LogP contribution in [0.2, 0.25) is 0 Å². The molecule has 2 heterocycles. The SMILES string of the molecule is CC(=O)O[C@H]1CO[C@@H]2OC(=O)C[C@@H]21. The van der Waals surface area contributed by atoms with Crippen molar-refractivity contribution in [3.05, 3.63) is 0 Å². The monoisotopic (exact) mass is 186 g/mol. The maximum Gasteiger partial charge on any atom is 0.308 e. The van der Waals surface area contributed by atoms with E-state index >= 15 is 0 Å². The van der Waals surface area contributed by atoms with E-state index in [1.54, 1.807) is 0 Å². The molecule has 0 radical (unpaired) electrons. The first-order chi connectivity index (χ1) is 6.16. The molecule has 2 aliphatic heterocycles. The fourth-order valence-corrected chi connectivity index (χ4v) is 1.67. The first-order valence-electron chi connectivity index (χ1n) is 4.15. The highest BCUT2D eigenvalue weighted by molar-refractivity contribution is 5.72. The van der Waals surface area contributed by atoms with Gasteiger partial charge in [0.25, 0.3) is 0 Å². The largest absolute Gasteiger partial charge is 0.460 e. The summed E-state index contributed by atoms with van der Waals surface area (Å²) in [6.45, 7) is 1.66. The van der Waals surface area contributed by atoms with Crippen LogP contribution in [0.5, 0.6) is 0 Å². The van der Waals surface area contributed by atoms with Crippen LogP contribution in [0.3, 0.4) is 0 Å². The third-order valence-corrected chi connectivity index (χ3v) is 2.22. The van der Waals surface area contributed by atoms with Crippen molar-refractivity contribution in [2.45, 2.75) is 25.7 Å². The van der Waals surface area contributed by atoms with E-state index in [9.17, 15) is 9.59 Å². The molecule has 0 N–H and O–H groups in total. The Morgan fingerprint density at radius 1 is 1.62 bits per heavy atom. The van der Waals surface area contributed by atoms with Gasteiger partial charge < -0.3 is 14.2 Å². The minimum absolute atomic E-state index is 0.114. The Labute approximate surface area is 74.9 Å². The normalized spacial score (nSPS) is 37.0. The van der Waals surface area contributed by atoms with E-state index in [4.69, 9.17) is 14.2 Å². The zero-order chi connectivity index (χ0) is 9.42. The molecule has 2 saturated heterocycles. The average molecular weight is 186 g/mol. The first-order valence-corrected chi connectivity index (χ1v) is 4.15. The molecular weight excluding hydrogens is 176 g/mol. The van der Waals surface area contributed by atoms with E-state index in [2.05, 4.69) is 0 Å². The Balaban J connectivity index is 2.00. The number of carbonyl (C=O) groups excluding carboxylic acids is 2. The zero-order valence-electron chi connectivity index (χ0n) is 7.19. The molecular formula is C8H10O5. The van der Waals surface area contributed by atoms with Crippen molar-refractivity contribution in [3.63, 3.8) is 0 Å². The lowest BCUT2D eigenvalue weighted by Gasteiger charge is -2.12. The lowest BCUT2D eigenvalue weighted by atomic mass is 10.0. The van der Waals surface area contributed by atoms with Crippen molar-refractivity contribution in [2.24, 2.45) is 5.92 Å². The topological polar surface area (TPSA) is 61.8 Å². The Kier molecular flexibility index (Phi) is 1.95. The summed E-state index contributed by atoms with van der Waals surface area (Å²) in [5, 5.41) is 0. The summed E-state index contributed by atoms with van der Waals surface area (Å²) in [5.41, 5.74) is 0. The number of fused-ring (bicyclic) bond motifs is 1. The molecule has 2 rings (SSSR count). The smallest absolute Gasteiger partial charge is 0.308 e. The van der Waals surface area contributed by atoms with Crippen molar-refractivity contribution in [1.82, 2.24) is 0 Å². The lowest BCUT2D eigenvalue weighted by Crippen LogP contribution is -2.25. The van der Waals surface area contributed by atoms with Crippen LogP contribution in [0.4, 0.5) is 0 Å². The Hall–Kier alpha value is -1.10. The van der Waals surface area contributed by atoms with E-state index in [0.29, 0.717) is 6.61 Å². The van der Waals surface area contributed by atoms with Crippen LogP contribution in [-0.4, -0.2) is 30.9 Å². The van der Waals surface area contributed by atoms with Crippen LogP contribution < -0.4 is 0 Å². The molecule has 0 aromatic rings. The summed E-state index contributed by atoms with van der Waals surface area (Å²) >= 11 is 0. The van der Waals surface area contributed by atoms with Crippen LogP contribution in [0.15, 0.2) is 0 Å². The number of hydrogen-bond acceptors (Lipinski definition) is 5. The predicted octanol–water partition coefficient (Wildman–Crippen LogP) is -0.163. The quantitative estimate of drug-likeness (QED) is 0.532. The molecule has 0 aliphatic carbocycles. The van der Waals surface area contributed by atoms with Gasteiger partial charge in [0.05, 0.1) is 18.9 Å². The Morgan fingerprint density at radius 3 is 3.08 bits per heavy atom. The van der Waals surface area contributed by atoms with E-state index in [-0.39, 0.29) is 30.4 Å². The van der Waals surface area contributed by atoms with E-state index in [0.717, 1.165) is 0 Å². The van der Waals surface area contributed by atoms with Crippen LogP contribution >= 0.6 is 0 Å². The summed E-state index contributed by atoms with van der Waals surface area (Å²) < 4.78 is 15.0. The fraction of sp³-hybridized carbons (Fsp3) is 0.750. The van der Waals surface area contributed by atoms with Gasteiger partial charge in [0.2, 0.25) is 6.29 Å². The third-order valence-electron chi connectivity index (χ3n) is 2.22. The highest BCUT2D eigenvalue weighted by atomic mass is 16.7. The molecule has 5 nitrogen and oxygen atoms in total. The molecule has 2 fully saturated rings. The molecule has 3 atom stereocenters. The minimum atomic E-state index is -0.503. The van der Waals surface area contributed by atoms with Gasteiger partial charge in [0.1, 0.15) is 6.10 Å². The van der Waals surface area contributed by atoms with Crippen LogP contribution in [0.1, 0.15) is 13.3 Å². The molecule has 0 aromatic carbocycles. The summed E-state index contributed by atoms with van der Waals surface area (Å²) in [6, 6.07) is 0. The van der Waals surface area contributed by atoms with Crippen LogP contribution in [-0.2, 0) is 23.8 Å². The van der Waals surface area contributed by atoms with Gasteiger partial charge in [0.15, 0.2) is 0 Å². The van der Waals surface area contributed by atoms with Gasteiger partial charge in [-0.25, -0.2) is 0 Å². The standard InChI is InChI=1S/C8H10O5/c1-4(9)12-6-3-11-8-5(6)2-7(10)13-8/h5-6,8H,2-3H2,1H3/t5-,6+,8-/m1/s1. The van der Waals surface area contributed by atoms with Gasteiger partial charge >= 0.3 is 11.9 Å². The average Bonchev–Trinajstić information content (AvgIpc) is 2.51. The van der Waals surface area contributed by atoms with Crippen molar-refractivity contribution < 1.29 is 23.8 Å². The molecule has 0 amide bonds. The van der Waals surface area contributed by atoms with E-state index < -0.39 is 6.29 Å². The Morgan fingerprint density at radius 2 is 2.38 bits per heavy atom. The molecule has 0 unspecified atom stereocenters. The number of rotatable bonds is 1. The second-order valence-corrected chi connectivity index (χ2v) is 3.21. The van der Waals surface area contributed by atoms with Crippen LogP contribution in [0, 0.1) is 5.92 Å². The van der Waals surface area contributed by atoms with E-state index in [1.165, 1.54) is 6.92 Å². The van der Waals surface area contributed by atoms with Crippen molar-refractivity contribution in [1.29, 1.82) is 0 Å².